The molecule has 2 aromatic rings. The predicted octanol–water partition coefficient (Wildman–Crippen LogP) is 1.95. The minimum Gasteiger partial charge on any atom is -0.338 e. The van der Waals surface area contributed by atoms with Gasteiger partial charge in [0.15, 0.2) is 5.82 Å². The Morgan fingerprint density at radius 1 is 1.42 bits per heavy atom. The normalized spacial score (nSPS) is 14.8. The molecule has 2 N–H and O–H groups in total. The van der Waals surface area contributed by atoms with Crippen LogP contribution in [0.3, 0.4) is 0 Å². The van der Waals surface area contributed by atoms with Crippen LogP contribution in [0.15, 0.2) is 30.6 Å². The van der Waals surface area contributed by atoms with Crippen LogP contribution in [0, 0.1) is 5.82 Å². The molecule has 0 bridgehead atoms. The van der Waals surface area contributed by atoms with Crippen LogP contribution in [0.1, 0.15) is 24.2 Å². The molecule has 5 heteroatoms. The molecule has 1 heterocycles. The number of hydrogen-bond acceptors (Lipinski definition) is 1. The molecule has 0 radical (unpaired) electrons. The SMILES string of the molecule is Fc1cccc(Cl)c1Cn1ccnc1C[NH2+]C1CC1. The molecule has 1 aliphatic carbocycles. The third kappa shape index (κ3) is 2.96. The van der Waals surface area contributed by atoms with Crippen LogP contribution in [0.2, 0.25) is 5.02 Å². The molecule has 0 aliphatic heterocycles. The quantitative estimate of drug-likeness (QED) is 0.893. The number of nitrogens with two attached hydrogens (primary N) is 1. The van der Waals surface area contributed by atoms with Gasteiger partial charge in [-0.3, -0.25) is 0 Å². The summed E-state index contributed by atoms with van der Waals surface area (Å²) in [6.07, 6.45) is 6.21. The van der Waals surface area contributed by atoms with E-state index in [2.05, 4.69) is 10.3 Å². The van der Waals surface area contributed by atoms with Gasteiger partial charge in [0.1, 0.15) is 12.4 Å². The fourth-order valence-electron chi connectivity index (χ4n) is 2.13. The lowest BCUT2D eigenvalue weighted by Crippen LogP contribution is -2.84. The number of rotatable bonds is 5. The third-order valence-electron chi connectivity index (χ3n) is 3.45. The molecule has 0 saturated heterocycles. The fourth-order valence-corrected chi connectivity index (χ4v) is 2.35. The highest BCUT2D eigenvalue weighted by Gasteiger charge is 2.25. The van der Waals surface area contributed by atoms with Crippen molar-refractivity contribution >= 4 is 11.6 Å². The van der Waals surface area contributed by atoms with Gasteiger partial charge in [0.25, 0.3) is 0 Å². The molecule has 0 amide bonds. The topological polar surface area (TPSA) is 34.4 Å². The van der Waals surface area contributed by atoms with Crippen molar-refractivity contribution in [2.45, 2.75) is 32.0 Å². The Balaban J connectivity index is 1.77. The highest BCUT2D eigenvalue weighted by molar-refractivity contribution is 6.31. The zero-order valence-corrected chi connectivity index (χ0v) is 11.3. The lowest BCUT2D eigenvalue weighted by atomic mass is 10.2. The van der Waals surface area contributed by atoms with Gasteiger partial charge in [0.2, 0.25) is 0 Å². The Kier molecular flexibility index (Phi) is 3.53. The maximum Gasteiger partial charge on any atom is 0.164 e. The van der Waals surface area contributed by atoms with Gasteiger partial charge >= 0.3 is 0 Å². The second-order valence-corrected chi connectivity index (χ2v) is 5.36. The standard InChI is InChI=1S/C14H15ClFN3/c15-12-2-1-3-13(16)11(12)9-19-7-6-17-14(19)8-18-10-4-5-10/h1-3,6-7,10,18H,4-5,8-9H2/p+1. The first kappa shape index (κ1) is 12.6. The summed E-state index contributed by atoms with van der Waals surface area (Å²) in [5.74, 6) is 0.699. The van der Waals surface area contributed by atoms with Crippen LogP contribution in [0.25, 0.3) is 0 Å². The predicted molar refractivity (Wildman–Crippen MR) is 71.4 cm³/mol. The molecule has 1 aromatic carbocycles. The Morgan fingerprint density at radius 3 is 3.00 bits per heavy atom. The van der Waals surface area contributed by atoms with Crippen molar-refractivity contribution < 1.29 is 9.71 Å². The summed E-state index contributed by atoms with van der Waals surface area (Å²) in [7, 11) is 0. The first-order valence-corrected chi connectivity index (χ1v) is 6.88. The van der Waals surface area contributed by atoms with Gasteiger partial charge in [-0.2, -0.15) is 0 Å². The van der Waals surface area contributed by atoms with Gasteiger partial charge in [0.05, 0.1) is 12.6 Å². The first-order valence-electron chi connectivity index (χ1n) is 6.50. The molecule has 1 aromatic heterocycles. The average Bonchev–Trinajstić information content (AvgIpc) is 3.11. The smallest absolute Gasteiger partial charge is 0.164 e. The summed E-state index contributed by atoms with van der Waals surface area (Å²) in [5.41, 5.74) is 0.523. The number of hydrogen-bond donors (Lipinski definition) is 1. The average molecular weight is 281 g/mol. The molecule has 1 saturated carbocycles. The van der Waals surface area contributed by atoms with E-state index >= 15 is 0 Å². The lowest BCUT2D eigenvalue weighted by Gasteiger charge is -2.09. The molecule has 1 aliphatic rings. The molecule has 0 unspecified atom stereocenters. The maximum atomic E-state index is 13.8. The molecule has 3 nitrogen and oxygen atoms in total. The molecule has 3 rings (SSSR count). The number of aromatic nitrogens is 2. The highest BCUT2D eigenvalue weighted by Crippen LogP contribution is 2.20. The van der Waals surface area contributed by atoms with E-state index in [1.807, 2.05) is 10.8 Å². The van der Waals surface area contributed by atoms with Crippen molar-refractivity contribution in [3.05, 3.63) is 52.8 Å². The van der Waals surface area contributed by atoms with Gasteiger partial charge in [-0.25, -0.2) is 9.37 Å². The molecule has 0 atom stereocenters. The zero-order valence-electron chi connectivity index (χ0n) is 10.5. The van der Waals surface area contributed by atoms with Crippen molar-refractivity contribution in [2.24, 2.45) is 0 Å². The van der Waals surface area contributed by atoms with Gasteiger partial charge in [-0.1, -0.05) is 17.7 Å². The van der Waals surface area contributed by atoms with Gasteiger partial charge < -0.3 is 9.88 Å². The molecular formula is C14H16ClFN3+. The van der Waals surface area contributed by atoms with E-state index in [4.69, 9.17) is 11.6 Å². The second kappa shape index (κ2) is 5.31. The molecular weight excluding hydrogens is 265 g/mol. The second-order valence-electron chi connectivity index (χ2n) is 4.95. The minimum atomic E-state index is -0.265. The number of imidazole rings is 1. The fraction of sp³-hybridized carbons (Fsp3) is 0.357. The van der Waals surface area contributed by atoms with Crippen molar-refractivity contribution in [3.8, 4) is 0 Å². The summed E-state index contributed by atoms with van der Waals surface area (Å²) < 4.78 is 15.7. The van der Waals surface area contributed by atoms with Crippen LogP contribution in [-0.2, 0) is 13.1 Å². The Bertz CT molecular complexity index is 558. The summed E-state index contributed by atoms with van der Waals surface area (Å²) in [5, 5.41) is 2.76. The molecule has 19 heavy (non-hydrogen) atoms. The third-order valence-corrected chi connectivity index (χ3v) is 3.80. The van der Waals surface area contributed by atoms with E-state index in [1.165, 1.54) is 18.9 Å². The van der Waals surface area contributed by atoms with E-state index in [0.29, 0.717) is 17.1 Å². The van der Waals surface area contributed by atoms with E-state index in [-0.39, 0.29) is 5.82 Å². The van der Waals surface area contributed by atoms with Crippen LogP contribution >= 0.6 is 11.6 Å². The van der Waals surface area contributed by atoms with Crippen LogP contribution in [0.5, 0.6) is 0 Å². The number of nitrogens with zero attached hydrogens (tertiary/aromatic N) is 2. The van der Waals surface area contributed by atoms with Gasteiger partial charge in [-0.15, -0.1) is 0 Å². The van der Waals surface area contributed by atoms with E-state index in [0.717, 1.165) is 18.4 Å². The lowest BCUT2D eigenvalue weighted by molar-refractivity contribution is -0.685. The Labute approximate surface area is 116 Å². The van der Waals surface area contributed by atoms with E-state index in [1.54, 1.807) is 18.3 Å². The van der Waals surface area contributed by atoms with Crippen molar-refractivity contribution in [1.82, 2.24) is 9.55 Å². The van der Waals surface area contributed by atoms with Crippen molar-refractivity contribution in [3.63, 3.8) is 0 Å². The molecule has 100 valence electrons. The molecule has 1 fully saturated rings. The van der Waals surface area contributed by atoms with E-state index < -0.39 is 0 Å². The van der Waals surface area contributed by atoms with Crippen LogP contribution in [0.4, 0.5) is 4.39 Å². The van der Waals surface area contributed by atoms with Crippen molar-refractivity contribution in [2.75, 3.05) is 0 Å². The highest BCUT2D eigenvalue weighted by atomic mass is 35.5. The van der Waals surface area contributed by atoms with E-state index in [9.17, 15) is 4.39 Å². The summed E-state index contributed by atoms with van der Waals surface area (Å²) in [4.78, 5) is 4.34. The summed E-state index contributed by atoms with van der Waals surface area (Å²) >= 11 is 6.05. The summed E-state index contributed by atoms with van der Waals surface area (Å²) in [6, 6.07) is 5.53. The first-order chi connectivity index (χ1) is 9.24. The van der Waals surface area contributed by atoms with Crippen LogP contribution < -0.4 is 5.32 Å². The Hall–Kier alpha value is -1.39. The molecule has 0 spiro atoms. The van der Waals surface area contributed by atoms with Crippen LogP contribution in [-0.4, -0.2) is 15.6 Å². The minimum absolute atomic E-state index is 0.265. The number of benzene rings is 1. The Morgan fingerprint density at radius 2 is 2.26 bits per heavy atom. The zero-order chi connectivity index (χ0) is 13.2. The maximum absolute atomic E-state index is 13.8. The van der Waals surface area contributed by atoms with Gasteiger partial charge in [-0.05, 0) is 12.1 Å². The monoisotopic (exact) mass is 280 g/mol. The number of quaternary nitrogens is 1. The summed E-state index contributed by atoms with van der Waals surface area (Å²) in [6.45, 7) is 1.27. The number of halogens is 2. The largest absolute Gasteiger partial charge is 0.338 e. The van der Waals surface area contributed by atoms with Crippen molar-refractivity contribution in [1.29, 1.82) is 0 Å². The van der Waals surface area contributed by atoms with Gasteiger partial charge in [0, 0.05) is 35.8 Å².